The van der Waals surface area contributed by atoms with Gasteiger partial charge in [0.25, 0.3) is 0 Å². The van der Waals surface area contributed by atoms with Crippen molar-refractivity contribution < 1.29 is 0 Å². The molecule has 0 fully saturated rings. The Balaban J connectivity index is 1.30. The maximum Gasteiger partial charge on any atom is 0.0715 e. The maximum absolute atomic E-state index is 5.06. The van der Waals surface area contributed by atoms with E-state index >= 15 is 0 Å². The number of aliphatic imine (C=N–C) groups is 1. The third kappa shape index (κ3) is 7.00. The summed E-state index contributed by atoms with van der Waals surface area (Å²) in [5.74, 6) is 0. The van der Waals surface area contributed by atoms with Gasteiger partial charge in [-0.25, -0.2) is 4.99 Å². The van der Waals surface area contributed by atoms with Crippen LogP contribution < -0.4 is 0 Å². The molecule has 0 unspecified atom stereocenters. The quantitative estimate of drug-likeness (QED) is 0.172. The topological polar surface area (TPSA) is 12.4 Å². The number of fused-ring (bicyclic) bond motifs is 1. The Morgan fingerprint density at radius 3 is 1.30 bits per heavy atom. The molecule has 0 saturated heterocycles. The van der Waals surface area contributed by atoms with Gasteiger partial charge in [0.15, 0.2) is 0 Å². The van der Waals surface area contributed by atoms with Gasteiger partial charge < -0.3 is 0 Å². The van der Waals surface area contributed by atoms with Crippen molar-refractivity contribution in [2.75, 3.05) is 0 Å². The minimum atomic E-state index is 0.918. The van der Waals surface area contributed by atoms with Crippen molar-refractivity contribution in [2.45, 2.75) is 33.6 Å². The second-order valence-corrected chi connectivity index (χ2v) is 12.7. The monoisotopic (exact) mass is 605 g/mol. The van der Waals surface area contributed by atoms with Gasteiger partial charge in [0.05, 0.1) is 11.4 Å². The van der Waals surface area contributed by atoms with Crippen LogP contribution in [0.4, 0.5) is 5.69 Å². The molecule has 47 heavy (non-hydrogen) atoms. The van der Waals surface area contributed by atoms with Crippen molar-refractivity contribution in [1.29, 1.82) is 0 Å². The molecule has 0 amide bonds. The van der Waals surface area contributed by atoms with Gasteiger partial charge in [-0.05, 0) is 102 Å². The maximum atomic E-state index is 5.06. The molecule has 0 N–H and O–H groups in total. The van der Waals surface area contributed by atoms with Crippen molar-refractivity contribution in [1.82, 2.24) is 0 Å². The summed E-state index contributed by atoms with van der Waals surface area (Å²) in [7, 11) is 0. The summed E-state index contributed by atoms with van der Waals surface area (Å²) in [4.78, 5) is 5.06. The molecule has 0 spiro atoms. The molecule has 1 aliphatic carbocycles. The fourth-order valence-electron chi connectivity index (χ4n) is 6.30. The van der Waals surface area contributed by atoms with Crippen LogP contribution in [-0.2, 0) is 12.8 Å². The summed E-state index contributed by atoms with van der Waals surface area (Å²) in [5.41, 5.74) is 18.2. The summed E-state index contributed by atoms with van der Waals surface area (Å²) in [6, 6.07) is 53.1. The number of rotatable bonds is 7. The molecule has 0 heterocycles. The molecule has 0 bridgehead atoms. The third-order valence-corrected chi connectivity index (χ3v) is 9.00. The Bertz CT molecular complexity index is 1990. The van der Waals surface area contributed by atoms with E-state index in [2.05, 4.69) is 179 Å². The van der Waals surface area contributed by atoms with Crippen LogP contribution >= 0.6 is 0 Å². The summed E-state index contributed by atoms with van der Waals surface area (Å²) in [6.45, 7) is 6.38. The third-order valence-electron chi connectivity index (χ3n) is 9.00. The highest BCUT2D eigenvalue weighted by Crippen LogP contribution is 2.38. The molecule has 6 aromatic carbocycles. The fraction of sp³-hybridized carbons (Fsp3) is 0.109. The number of hydrogen-bond acceptors (Lipinski definition) is 1. The smallest absolute Gasteiger partial charge is 0.0715 e. The lowest BCUT2D eigenvalue weighted by molar-refractivity contribution is 1.18. The molecule has 228 valence electrons. The molecule has 0 atom stereocenters. The highest BCUT2D eigenvalue weighted by atomic mass is 14.7. The van der Waals surface area contributed by atoms with Crippen molar-refractivity contribution in [3.63, 3.8) is 0 Å². The molecule has 0 radical (unpaired) electrons. The molecule has 7 rings (SSSR count). The zero-order valence-electron chi connectivity index (χ0n) is 27.4. The number of benzene rings is 6. The number of nitrogens with zero attached hydrogens (tertiary/aromatic N) is 1. The zero-order chi connectivity index (χ0) is 32.2. The van der Waals surface area contributed by atoms with Crippen LogP contribution in [0.1, 0.15) is 61.2 Å². The summed E-state index contributed by atoms with van der Waals surface area (Å²) < 4.78 is 0. The lowest BCUT2D eigenvalue weighted by Crippen LogP contribution is -2.08. The second kappa shape index (κ2) is 13.4. The number of aryl methyl sites for hydroxylation is 3. The van der Waals surface area contributed by atoms with Gasteiger partial charge in [0, 0.05) is 5.56 Å². The standard InChI is InChI=1S/C46H39N/c1-32-8-14-35(15-9-32)30-37-18-22-39(23-19-37)46(40-24-20-38(21-25-40)31-36-16-10-33(2)11-17-36)44-28-29-45(43-7-5-4-6-42(43)44)47-41-26-12-34(3)13-27-41/h4-29H,30-31H2,1-3H3. The summed E-state index contributed by atoms with van der Waals surface area (Å²) in [5, 5.41) is 0. The lowest BCUT2D eigenvalue weighted by atomic mass is 9.83. The predicted octanol–water partition coefficient (Wildman–Crippen LogP) is 11.4. The van der Waals surface area contributed by atoms with Crippen molar-refractivity contribution >= 4 is 22.5 Å². The van der Waals surface area contributed by atoms with Crippen LogP contribution in [0.5, 0.6) is 0 Å². The average Bonchev–Trinajstić information content (AvgIpc) is 3.10. The zero-order valence-corrected chi connectivity index (χ0v) is 27.4. The van der Waals surface area contributed by atoms with Gasteiger partial charge in [-0.2, -0.15) is 0 Å². The summed E-state index contributed by atoms with van der Waals surface area (Å²) in [6.07, 6.45) is 6.27. The van der Waals surface area contributed by atoms with Gasteiger partial charge >= 0.3 is 0 Å². The Morgan fingerprint density at radius 1 is 0.426 bits per heavy atom. The van der Waals surface area contributed by atoms with E-state index in [4.69, 9.17) is 4.99 Å². The second-order valence-electron chi connectivity index (χ2n) is 12.7. The molecule has 1 nitrogen and oxygen atoms in total. The largest absolute Gasteiger partial charge is 0.248 e. The van der Waals surface area contributed by atoms with Gasteiger partial charge in [0.2, 0.25) is 0 Å². The predicted molar refractivity (Wildman–Crippen MR) is 200 cm³/mol. The molecule has 6 aromatic rings. The van der Waals surface area contributed by atoms with Crippen LogP contribution in [0, 0.1) is 20.8 Å². The van der Waals surface area contributed by atoms with E-state index in [1.54, 1.807) is 0 Å². The summed E-state index contributed by atoms with van der Waals surface area (Å²) >= 11 is 0. The first-order chi connectivity index (χ1) is 23.0. The normalized spacial score (nSPS) is 13.1. The SMILES string of the molecule is Cc1ccc(Cc2ccc(C(=C3C=CC(=Nc4ccc(C)cc4)c4ccccc43)c3ccc(Cc4ccc(C)cc4)cc3)cc2)cc1. The molecule has 1 aliphatic rings. The first-order valence-corrected chi connectivity index (χ1v) is 16.5. The van der Waals surface area contributed by atoms with Crippen LogP contribution in [0.2, 0.25) is 0 Å². The lowest BCUT2D eigenvalue weighted by Gasteiger charge is -2.21. The molecular formula is C46H39N. The minimum absolute atomic E-state index is 0.918. The Kier molecular flexibility index (Phi) is 8.62. The molecule has 1 heteroatoms. The van der Waals surface area contributed by atoms with E-state index in [1.165, 1.54) is 66.8 Å². The van der Waals surface area contributed by atoms with Gasteiger partial charge in [0.1, 0.15) is 0 Å². The van der Waals surface area contributed by atoms with Crippen molar-refractivity contribution in [3.8, 4) is 0 Å². The highest BCUT2D eigenvalue weighted by molar-refractivity contribution is 6.19. The van der Waals surface area contributed by atoms with Crippen molar-refractivity contribution in [3.05, 3.63) is 219 Å². The van der Waals surface area contributed by atoms with Crippen LogP contribution in [0.3, 0.4) is 0 Å². The first kappa shape index (κ1) is 30.1. The van der Waals surface area contributed by atoms with E-state index < -0.39 is 0 Å². The van der Waals surface area contributed by atoms with E-state index in [0.717, 1.165) is 29.8 Å². The Labute approximate surface area is 279 Å². The van der Waals surface area contributed by atoms with Gasteiger partial charge in [-0.15, -0.1) is 0 Å². The van der Waals surface area contributed by atoms with E-state index in [1.807, 2.05) is 0 Å². The van der Waals surface area contributed by atoms with E-state index in [9.17, 15) is 0 Å². The van der Waals surface area contributed by atoms with Gasteiger partial charge in [-0.1, -0.05) is 156 Å². The van der Waals surface area contributed by atoms with Crippen LogP contribution in [-0.4, -0.2) is 5.71 Å². The molecular weight excluding hydrogens is 567 g/mol. The Hall–Kier alpha value is -5.53. The molecule has 0 aliphatic heterocycles. The fourth-order valence-corrected chi connectivity index (χ4v) is 6.30. The van der Waals surface area contributed by atoms with Gasteiger partial charge in [-0.3, -0.25) is 0 Å². The molecule has 0 aromatic heterocycles. The highest BCUT2D eigenvalue weighted by Gasteiger charge is 2.20. The van der Waals surface area contributed by atoms with E-state index in [-0.39, 0.29) is 0 Å². The number of allylic oxidation sites excluding steroid dienone is 3. The average molecular weight is 606 g/mol. The van der Waals surface area contributed by atoms with E-state index in [0.29, 0.717) is 0 Å². The Morgan fingerprint density at radius 2 is 0.830 bits per heavy atom. The number of hydrogen-bond donors (Lipinski definition) is 0. The van der Waals surface area contributed by atoms with Crippen LogP contribution in [0.25, 0.3) is 11.1 Å². The van der Waals surface area contributed by atoms with Crippen LogP contribution in [0.15, 0.2) is 163 Å². The molecule has 0 saturated carbocycles. The minimum Gasteiger partial charge on any atom is -0.248 e. The first-order valence-electron chi connectivity index (χ1n) is 16.5. The van der Waals surface area contributed by atoms with Crippen molar-refractivity contribution in [2.24, 2.45) is 4.99 Å².